The van der Waals surface area contributed by atoms with Crippen LogP contribution in [-0.4, -0.2) is 0 Å². The van der Waals surface area contributed by atoms with Gasteiger partial charge in [-0.05, 0) is 116 Å². The number of furan rings is 1. The van der Waals surface area contributed by atoms with Crippen molar-refractivity contribution in [3.63, 3.8) is 0 Å². The van der Waals surface area contributed by atoms with Crippen LogP contribution in [0.5, 0.6) is 0 Å². The zero-order chi connectivity index (χ0) is 34.4. The monoisotopic (exact) mass is 663 g/mol. The molecule has 1 heterocycles. The maximum atomic E-state index is 6.37. The lowest BCUT2D eigenvalue weighted by atomic mass is 9.96. The van der Waals surface area contributed by atoms with Crippen molar-refractivity contribution in [1.29, 1.82) is 0 Å². The van der Waals surface area contributed by atoms with Crippen LogP contribution >= 0.6 is 0 Å². The Bertz CT molecular complexity index is 2920. The van der Waals surface area contributed by atoms with Crippen molar-refractivity contribution < 1.29 is 4.42 Å². The van der Waals surface area contributed by atoms with Crippen molar-refractivity contribution in [3.05, 3.63) is 200 Å². The third-order valence-electron chi connectivity index (χ3n) is 10.2. The van der Waals surface area contributed by atoms with Crippen LogP contribution in [0.1, 0.15) is 0 Å². The second-order valence-corrected chi connectivity index (χ2v) is 13.4. The highest BCUT2D eigenvalue weighted by Gasteiger charge is 2.20. The van der Waals surface area contributed by atoms with Crippen molar-refractivity contribution in [2.24, 2.45) is 0 Å². The van der Waals surface area contributed by atoms with E-state index < -0.39 is 0 Å². The van der Waals surface area contributed by atoms with Gasteiger partial charge in [0.1, 0.15) is 11.2 Å². The molecule has 2 heteroatoms. The van der Waals surface area contributed by atoms with Crippen LogP contribution in [0.3, 0.4) is 0 Å². The summed E-state index contributed by atoms with van der Waals surface area (Å²) in [5.74, 6) is 0. The number of benzene rings is 9. The van der Waals surface area contributed by atoms with Crippen LogP contribution in [0, 0.1) is 0 Å². The minimum absolute atomic E-state index is 0.872. The van der Waals surface area contributed by atoms with Gasteiger partial charge >= 0.3 is 0 Å². The second kappa shape index (κ2) is 12.5. The Balaban J connectivity index is 1.09. The van der Waals surface area contributed by atoms with Crippen LogP contribution in [-0.2, 0) is 0 Å². The molecule has 0 radical (unpaired) electrons. The minimum Gasteiger partial charge on any atom is -0.456 e. The molecule has 0 saturated carbocycles. The topological polar surface area (TPSA) is 16.4 Å². The minimum atomic E-state index is 0.872. The maximum Gasteiger partial charge on any atom is 0.137 e. The zero-order valence-corrected chi connectivity index (χ0v) is 28.4. The SMILES string of the molecule is c1ccc(-c2cccc(N(c3cccc(-c4ccc5cc(-c6ccc7ccccc7c6)ccc5c4)c3)c3cccc4oc5ccccc5c34)c2)cc1. The molecule has 0 amide bonds. The molecule has 10 aromatic rings. The summed E-state index contributed by atoms with van der Waals surface area (Å²) in [7, 11) is 0. The van der Waals surface area contributed by atoms with E-state index in [1.165, 1.54) is 49.4 Å². The second-order valence-electron chi connectivity index (χ2n) is 13.4. The maximum absolute atomic E-state index is 6.37. The molecule has 0 spiro atoms. The lowest BCUT2D eigenvalue weighted by molar-refractivity contribution is 0.669. The van der Waals surface area contributed by atoms with Gasteiger partial charge in [-0.3, -0.25) is 0 Å². The molecule has 0 aliphatic rings. The summed E-state index contributed by atoms with van der Waals surface area (Å²) < 4.78 is 6.37. The smallest absolute Gasteiger partial charge is 0.137 e. The molecule has 0 unspecified atom stereocenters. The molecule has 9 aromatic carbocycles. The average Bonchev–Trinajstić information content (AvgIpc) is 3.60. The van der Waals surface area contributed by atoms with Gasteiger partial charge < -0.3 is 9.32 Å². The van der Waals surface area contributed by atoms with Gasteiger partial charge in [0.25, 0.3) is 0 Å². The van der Waals surface area contributed by atoms with E-state index >= 15 is 0 Å². The fourth-order valence-electron chi connectivity index (χ4n) is 7.62. The van der Waals surface area contributed by atoms with E-state index in [-0.39, 0.29) is 0 Å². The molecule has 0 bridgehead atoms. The van der Waals surface area contributed by atoms with Gasteiger partial charge in [0.15, 0.2) is 0 Å². The van der Waals surface area contributed by atoms with E-state index in [0.29, 0.717) is 0 Å². The fraction of sp³-hybridized carbons (Fsp3) is 0. The first kappa shape index (κ1) is 30.0. The normalized spacial score (nSPS) is 11.5. The summed E-state index contributed by atoms with van der Waals surface area (Å²) in [5, 5.41) is 7.16. The third kappa shape index (κ3) is 5.30. The molecular weight excluding hydrogens is 631 g/mol. The molecule has 0 N–H and O–H groups in total. The molecular formula is C50H33NO. The first-order chi connectivity index (χ1) is 25.7. The number of fused-ring (bicyclic) bond motifs is 5. The number of para-hydroxylation sites is 1. The fourth-order valence-corrected chi connectivity index (χ4v) is 7.62. The standard InChI is InChI=1S/C50H33NO/c1-2-11-34(12-3-1)37-15-8-17-44(32-37)51(47-20-10-22-49-50(47)46-19-6-7-21-48(46)52-49)45-18-9-16-38(33-45)39-25-26-43-31-42(28-27-41(43)30-39)40-24-23-35-13-4-5-14-36(35)29-40/h1-33H. The summed E-state index contributed by atoms with van der Waals surface area (Å²) >= 11 is 0. The highest BCUT2D eigenvalue weighted by Crippen LogP contribution is 2.44. The Morgan fingerprint density at radius 1 is 0.308 bits per heavy atom. The van der Waals surface area contributed by atoms with Crippen LogP contribution in [0.25, 0.3) is 76.9 Å². The third-order valence-corrected chi connectivity index (χ3v) is 10.2. The lowest BCUT2D eigenvalue weighted by Gasteiger charge is -2.27. The molecule has 244 valence electrons. The molecule has 10 rings (SSSR count). The molecule has 0 fully saturated rings. The van der Waals surface area contributed by atoms with Crippen LogP contribution < -0.4 is 4.90 Å². The largest absolute Gasteiger partial charge is 0.456 e. The predicted molar refractivity (Wildman–Crippen MR) is 220 cm³/mol. The first-order valence-electron chi connectivity index (χ1n) is 17.7. The van der Waals surface area contributed by atoms with Gasteiger partial charge in [-0.2, -0.15) is 0 Å². The lowest BCUT2D eigenvalue weighted by Crippen LogP contribution is -2.10. The van der Waals surface area contributed by atoms with Crippen molar-refractivity contribution in [1.82, 2.24) is 0 Å². The van der Waals surface area contributed by atoms with Gasteiger partial charge in [0.2, 0.25) is 0 Å². The summed E-state index contributed by atoms with van der Waals surface area (Å²) in [6.07, 6.45) is 0. The first-order valence-corrected chi connectivity index (χ1v) is 17.7. The van der Waals surface area contributed by atoms with Crippen molar-refractivity contribution in [2.75, 3.05) is 4.90 Å². The molecule has 0 aliphatic heterocycles. The number of anilines is 3. The van der Waals surface area contributed by atoms with Gasteiger partial charge in [-0.1, -0.05) is 140 Å². The molecule has 0 aliphatic carbocycles. The zero-order valence-electron chi connectivity index (χ0n) is 28.4. The van der Waals surface area contributed by atoms with Crippen LogP contribution in [0.4, 0.5) is 17.1 Å². The predicted octanol–water partition coefficient (Wildman–Crippen LogP) is 14.4. The van der Waals surface area contributed by atoms with E-state index in [9.17, 15) is 0 Å². The summed E-state index contributed by atoms with van der Waals surface area (Å²) in [6.45, 7) is 0. The van der Waals surface area contributed by atoms with Gasteiger partial charge in [-0.25, -0.2) is 0 Å². The van der Waals surface area contributed by atoms with Gasteiger partial charge in [0.05, 0.1) is 11.1 Å². The Morgan fingerprint density at radius 3 is 1.48 bits per heavy atom. The van der Waals surface area contributed by atoms with Crippen molar-refractivity contribution in [2.45, 2.75) is 0 Å². The number of hydrogen-bond acceptors (Lipinski definition) is 2. The summed E-state index contributed by atoms with van der Waals surface area (Å²) in [4.78, 5) is 2.37. The molecule has 0 saturated heterocycles. The van der Waals surface area contributed by atoms with E-state index in [0.717, 1.165) is 44.6 Å². The number of hydrogen-bond donors (Lipinski definition) is 0. The van der Waals surface area contributed by atoms with Crippen LogP contribution in [0.2, 0.25) is 0 Å². The van der Waals surface area contributed by atoms with Crippen molar-refractivity contribution >= 4 is 60.5 Å². The Kier molecular flexibility index (Phi) is 7.18. The number of nitrogens with zero attached hydrogens (tertiary/aromatic N) is 1. The van der Waals surface area contributed by atoms with E-state index in [4.69, 9.17) is 4.42 Å². The van der Waals surface area contributed by atoms with E-state index in [1.54, 1.807) is 0 Å². The van der Waals surface area contributed by atoms with E-state index in [2.05, 4.69) is 193 Å². The highest BCUT2D eigenvalue weighted by atomic mass is 16.3. The van der Waals surface area contributed by atoms with Crippen molar-refractivity contribution in [3.8, 4) is 33.4 Å². The summed E-state index contributed by atoms with van der Waals surface area (Å²) in [5.41, 5.74) is 12.1. The molecule has 2 nitrogen and oxygen atoms in total. The van der Waals surface area contributed by atoms with Gasteiger partial charge in [-0.15, -0.1) is 0 Å². The Labute approximate surface area is 302 Å². The molecule has 1 aromatic heterocycles. The molecule has 0 atom stereocenters. The van der Waals surface area contributed by atoms with Crippen LogP contribution in [0.15, 0.2) is 205 Å². The summed E-state index contributed by atoms with van der Waals surface area (Å²) in [6, 6.07) is 71.8. The Hall–Kier alpha value is -6.90. The highest BCUT2D eigenvalue weighted by molar-refractivity contribution is 6.13. The molecule has 52 heavy (non-hydrogen) atoms. The number of rotatable bonds is 6. The quantitative estimate of drug-likeness (QED) is 0.176. The van der Waals surface area contributed by atoms with Gasteiger partial charge in [0, 0.05) is 16.8 Å². The average molecular weight is 664 g/mol. The van der Waals surface area contributed by atoms with E-state index in [1.807, 2.05) is 12.1 Å². The Morgan fingerprint density at radius 2 is 0.788 bits per heavy atom.